The van der Waals surface area contributed by atoms with Crippen molar-refractivity contribution in [3.8, 4) is 5.75 Å². The number of hydrogen-bond donors (Lipinski definition) is 1. The zero-order valence-corrected chi connectivity index (χ0v) is 12.7. The van der Waals surface area contributed by atoms with Crippen LogP contribution in [0.15, 0.2) is 35.7 Å². The standard InChI is InChI=1S/C15H18ClNOS/c1-3-8-17-15(12-6-4-5-7-13(12)16)14-9-11(18-2)10-19-14/h4-7,9-10,15,17H,3,8H2,1-2H3. The van der Waals surface area contributed by atoms with Gasteiger partial charge in [-0.15, -0.1) is 11.3 Å². The van der Waals surface area contributed by atoms with E-state index >= 15 is 0 Å². The summed E-state index contributed by atoms with van der Waals surface area (Å²) in [6, 6.07) is 10.2. The van der Waals surface area contributed by atoms with E-state index in [-0.39, 0.29) is 6.04 Å². The van der Waals surface area contributed by atoms with Crippen molar-refractivity contribution in [2.24, 2.45) is 0 Å². The minimum atomic E-state index is 0.127. The summed E-state index contributed by atoms with van der Waals surface area (Å²) < 4.78 is 5.27. The number of ether oxygens (including phenoxy) is 1. The fourth-order valence-corrected chi connectivity index (χ4v) is 3.15. The third-order valence-electron chi connectivity index (χ3n) is 2.93. The highest BCUT2D eigenvalue weighted by atomic mass is 35.5. The van der Waals surface area contributed by atoms with Crippen LogP contribution in [0, 0.1) is 0 Å². The first-order valence-electron chi connectivity index (χ1n) is 6.36. The number of rotatable bonds is 6. The van der Waals surface area contributed by atoms with Crippen LogP contribution in [0.4, 0.5) is 0 Å². The van der Waals surface area contributed by atoms with Crippen molar-refractivity contribution in [2.45, 2.75) is 19.4 Å². The van der Waals surface area contributed by atoms with Crippen LogP contribution < -0.4 is 10.1 Å². The zero-order chi connectivity index (χ0) is 13.7. The Hall–Kier alpha value is -1.03. The Labute approximate surface area is 123 Å². The van der Waals surface area contributed by atoms with Crippen LogP contribution >= 0.6 is 22.9 Å². The van der Waals surface area contributed by atoms with Crippen LogP contribution in [0.25, 0.3) is 0 Å². The Morgan fingerprint density at radius 1 is 1.37 bits per heavy atom. The number of nitrogens with one attached hydrogen (secondary N) is 1. The largest absolute Gasteiger partial charge is 0.496 e. The van der Waals surface area contributed by atoms with Gasteiger partial charge in [0.1, 0.15) is 5.75 Å². The summed E-state index contributed by atoms with van der Waals surface area (Å²) in [4.78, 5) is 1.22. The van der Waals surface area contributed by atoms with Gasteiger partial charge in [-0.2, -0.15) is 0 Å². The van der Waals surface area contributed by atoms with E-state index in [0.717, 1.165) is 29.3 Å². The summed E-state index contributed by atoms with van der Waals surface area (Å²) in [7, 11) is 1.69. The lowest BCUT2D eigenvalue weighted by molar-refractivity contribution is 0.416. The molecule has 2 aromatic rings. The normalized spacial score (nSPS) is 12.4. The molecule has 4 heteroatoms. The van der Waals surface area contributed by atoms with E-state index in [1.807, 2.05) is 23.6 Å². The van der Waals surface area contributed by atoms with Crippen molar-refractivity contribution in [1.82, 2.24) is 5.32 Å². The molecule has 1 aromatic heterocycles. The predicted octanol–water partition coefficient (Wildman–Crippen LogP) is 4.50. The Morgan fingerprint density at radius 2 is 2.16 bits per heavy atom. The molecule has 0 bridgehead atoms. The van der Waals surface area contributed by atoms with Gasteiger partial charge in [0.2, 0.25) is 0 Å². The monoisotopic (exact) mass is 295 g/mol. The van der Waals surface area contributed by atoms with E-state index in [1.165, 1.54) is 4.88 Å². The van der Waals surface area contributed by atoms with Crippen molar-refractivity contribution < 1.29 is 4.74 Å². The van der Waals surface area contributed by atoms with Crippen LogP contribution in [-0.4, -0.2) is 13.7 Å². The SMILES string of the molecule is CCCNC(c1cc(OC)cs1)c1ccccc1Cl. The van der Waals surface area contributed by atoms with E-state index in [2.05, 4.69) is 24.4 Å². The summed E-state index contributed by atoms with van der Waals surface area (Å²) >= 11 is 8.01. The van der Waals surface area contributed by atoms with Crippen molar-refractivity contribution in [3.05, 3.63) is 51.2 Å². The molecule has 0 saturated carbocycles. The quantitative estimate of drug-likeness (QED) is 0.847. The summed E-state index contributed by atoms with van der Waals surface area (Å²) in [6.07, 6.45) is 1.09. The third-order valence-corrected chi connectivity index (χ3v) is 4.25. The maximum Gasteiger partial charge on any atom is 0.129 e. The highest BCUT2D eigenvalue weighted by molar-refractivity contribution is 7.10. The number of benzene rings is 1. The molecule has 2 rings (SSSR count). The summed E-state index contributed by atoms with van der Waals surface area (Å²) in [5, 5.41) is 6.37. The number of thiophene rings is 1. The molecule has 0 fully saturated rings. The minimum absolute atomic E-state index is 0.127. The van der Waals surface area contributed by atoms with Gasteiger partial charge in [0.15, 0.2) is 0 Å². The average molecular weight is 296 g/mol. The Kier molecular flexibility index (Phi) is 5.25. The molecule has 0 amide bonds. The number of halogens is 1. The highest BCUT2D eigenvalue weighted by Gasteiger charge is 2.18. The molecule has 2 nitrogen and oxygen atoms in total. The first-order valence-corrected chi connectivity index (χ1v) is 7.62. The molecule has 0 radical (unpaired) electrons. The minimum Gasteiger partial charge on any atom is -0.496 e. The van der Waals surface area contributed by atoms with Crippen LogP contribution in [0.1, 0.15) is 29.8 Å². The first-order chi connectivity index (χ1) is 9.26. The predicted molar refractivity (Wildman–Crippen MR) is 82.5 cm³/mol. The molecular weight excluding hydrogens is 278 g/mol. The molecule has 19 heavy (non-hydrogen) atoms. The van der Waals surface area contributed by atoms with Crippen molar-refractivity contribution in [3.63, 3.8) is 0 Å². The van der Waals surface area contributed by atoms with Crippen molar-refractivity contribution in [2.75, 3.05) is 13.7 Å². The Balaban J connectivity index is 2.32. The van der Waals surface area contributed by atoms with Crippen LogP contribution in [0.2, 0.25) is 5.02 Å². The van der Waals surface area contributed by atoms with Crippen molar-refractivity contribution >= 4 is 22.9 Å². The van der Waals surface area contributed by atoms with E-state index in [0.29, 0.717) is 0 Å². The Bertz CT molecular complexity index is 526. The van der Waals surface area contributed by atoms with E-state index in [1.54, 1.807) is 18.4 Å². The first kappa shape index (κ1) is 14.4. The average Bonchev–Trinajstić information content (AvgIpc) is 2.90. The molecule has 1 heterocycles. The van der Waals surface area contributed by atoms with Crippen LogP contribution in [0.5, 0.6) is 5.75 Å². The molecule has 1 N–H and O–H groups in total. The van der Waals surface area contributed by atoms with Gasteiger partial charge in [0.25, 0.3) is 0 Å². The molecule has 0 saturated heterocycles. The second-order valence-electron chi connectivity index (χ2n) is 4.30. The van der Waals surface area contributed by atoms with Gasteiger partial charge in [-0.25, -0.2) is 0 Å². The van der Waals surface area contributed by atoms with Gasteiger partial charge in [-0.05, 0) is 30.7 Å². The fourth-order valence-electron chi connectivity index (χ4n) is 1.95. The van der Waals surface area contributed by atoms with Gasteiger partial charge >= 0.3 is 0 Å². The van der Waals surface area contributed by atoms with Crippen LogP contribution in [0.3, 0.4) is 0 Å². The lowest BCUT2D eigenvalue weighted by atomic mass is 10.1. The topological polar surface area (TPSA) is 21.3 Å². The molecule has 0 aliphatic rings. The number of methoxy groups -OCH3 is 1. The fraction of sp³-hybridized carbons (Fsp3) is 0.333. The zero-order valence-electron chi connectivity index (χ0n) is 11.2. The molecule has 1 atom stereocenters. The van der Waals surface area contributed by atoms with Gasteiger partial charge in [0.05, 0.1) is 13.2 Å². The maximum absolute atomic E-state index is 6.32. The van der Waals surface area contributed by atoms with E-state index in [9.17, 15) is 0 Å². The third kappa shape index (κ3) is 3.50. The molecule has 0 spiro atoms. The lowest BCUT2D eigenvalue weighted by Crippen LogP contribution is -2.22. The highest BCUT2D eigenvalue weighted by Crippen LogP contribution is 2.34. The summed E-state index contributed by atoms with van der Waals surface area (Å²) in [5.74, 6) is 0.898. The molecule has 1 aromatic carbocycles. The number of hydrogen-bond acceptors (Lipinski definition) is 3. The van der Waals surface area contributed by atoms with E-state index in [4.69, 9.17) is 16.3 Å². The lowest BCUT2D eigenvalue weighted by Gasteiger charge is -2.18. The van der Waals surface area contributed by atoms with Gasteiger partial charge in [0, 0.05) is 15.3 Å². The van der Waals surface area contributed by atoms with Gasteiger partial charge in [-0.3, -0.25) is 0 Å². The van der Waals surface area contributed by atoms with E-state index < -0.39 is 0 Å². The van der Waals surface area contributed by atoms with Gasteiger partial charge in [-0.1, -0.05) is 36.7 Å². The Morgan fingerprint density at radius 3 is 2.79 bits per heavy atom. The summed E-state index contributed by atoms with van der Waals surface area (Å²) in [6.45, 7) is 3.11. The summed E-state index contributed by atoms with van der Waals surface area (Å²) in [5.41, 5.74) is 1.11. The molecule has 1 unspecified atom stereocenters. The molecular formula is C15H18ClNOS. The van der Waals surface area contributed by atoms with Crippen molar-refractivity contribution in [1.29, 1.82) is 0 Å². The second-order valence-corrected chi connectivity index (χ2v) is 5.65. The second kappa shape index (κ2) is 6.94. The van der Waals surface area contributed by atoms with Gasteiger partial charge < -0.3 is 10.1 Å². The molecule has 0 aliphatic carbocycles. The van der Waals surface area contributed by atoms with Crippen LogP contribution in [-0.2, 0) is 0 Å². The smallest absolute Gasteiger partial charge is 0.129 e. The maximum atomic E-state index is 6.32. The molecule has 102 valence electrons. The molecule has 0 aliphatic heterocycles.